The summed E-state index contributed by atoms with van der Waals surface area (Å²) >= 11 is 6.01. The number of hydrogen-bond donors (Lipinski definition) is 0. The number of hydrogen-bond acceptors (Lipinski definition) is 2. The van der Waals surface area contributed by atoms with E-state index in [0.717, 1.165) is 23.9 Å². The van der Waals surface area contributed by atoms with Crippen molar-refractivity contribution in [3.05, 3.63) is 64.4 Å². The molecular weight excluding hydrogens is 317 g/mol. The first kappa shape index (κ1) is 16.3. The fraction of sp³-hybridized carbons (Fsp3) is 0.200. The molecular formula is C15H12ClF3N2O. The molecule has 0 saturated carbocycles. The maximum absolute atomic E-state index is 12.4. The summed E-state index contributed by atoms with van der Waals surface area (Å²) in [5.74, 6) is -0.429. The second-order valence-electron chi connectivity index (χ2n) is 4.68. The van der Waals surface area contributed by atoms with Gasteiger partial charge >= 0.3 is 6.18 Å². The zero-order valence-corrected chi connectivity index (χ0v) is 12.3. The van der Waals surface area contributed by atoms with Crippen molar-refractivity contribution in [3.8, 4) is 0 Å². The predicted octanol–water partition coefficient (Wildman–Crippen LogP) is 4.03. The summed E-state index contributed by atoms with van der Waals surface area (Å²) < 4.78 is 37.3. The molecule has 0 N–H and O–H groups in total. The van der Waals surface area contributed by atoms with E-state index in [2.05, 4.69) is 4.98 Å². The number of alkyl halides is 3. The van der Waals surface area contributed by atoms with Gasteiger partial charge in [-0.3, -0.25) is 9.78 Å². The third-order valence-electron chi connectivity index (χ3n) is 3.01. The Morgan fingerprint density at radius 2 is 1.91 bits per heavy atom. The molecule has 22 heavy (non-hydrogen) atoms. The van der Waals surface area contributed by atoms with Gasteiger partial charge in [-0.25, -0.2) is 0 Å². The average Bonchev–Trinajstić information content (AvgIpc) is 2.48. The lowest BCUT2D eigenvalue weighted by Crippen LogP contribution is -2.26. The normalized spacial score (nSPS) is 11.3. The van der Waals surface area contributed by atoms with Crippen molar-refractivity contribution >= 4 is 17.5 Å². The number of aromatic nitrogens is 1. The molecule has 1 aromatic heterocycles. The van der Waals surface area contributed by atoms with Crippen LogP contribution in [0.25, 0.3) is 0 Å². The van der Waals surface area contributed by atoms with Gasteiger partial charge in [0.15, 0.2) is 0 Å². The molecule has 3 nitrogen and oxygen atoms in total. The van der Waals surface area contributed by atoms with Crippen LogP contribution < -0.4 is 0 Å². The number of nitrogens with zero attached hydrogens (tertiary/aromatic N) is 2. The molecule has 116 valence electrons. The number of halogens is 4. The molecule has 0 radical (unpaired) electrons. The van der Waals surface area contributed by atoms with Crippen LogP contribution in [0.1, 0.15) is 21.6 Å². The van der Waals surface area contributed by atoms with Gasteiger partial charge in [0.25, 0.3) is 5.91 Å². The smallest absolute Gasteiger partial charge is 0.337 e. The molecule has 1 aromatic carbocycles. The standard InChI is InChI=1S/C15H12ClF3N2O/c1-21(9-11-4-2-3-5-12(11)16)14(22)10-6-7-13(20-8-10)15(17,18)19/h2-8H,9H2,1H3. The lowest BCUT2D eigenvalue weighted by atomic mass is 10.2. The van der Waals surface area contributed by atoms with Crippen LogP contribution in [0.3, 0.4) is 0 Å². The summed E-state index contributed by atoms with van der Waals surface area (Å²) in [6, 6.07) is 8.94. The second-order valence-corrected chi connectivity index (χ2v) is 5.09. The van der Waals surface area contributed by atoms with Crippen LogP contribution in [-0.2, 0) is 12.7 Å². The Balaban J connectivity index is 2.12. The van der Waals surface area contributed by atoms with Crippen molar-refractivity contribution in [2.75, 3.05) is 7.05 Å². The van der Waals surface area contributed by atoms with E-state index in [0.29, 0.717) is 5.02 Å². The van der Waals surface area contributed by atoms with Gasteiger partial charge in [-0.2, -0.15) is 13.2 Å². The first-order chi connectivity index (χ1) is 10.3. The third-order valence-corrected chi connectivity index (χ3v) is 3.38. The van der Waals surface area contributed by atoms with Crippen LogP contribution in [0, 0.1) is 0 Å². The monoisotopic (exact) mass is 328 g/mol. The van der Waals surface area contributed by atoms with E-state index in [1.54, 1.807) is 31.3 Å². The van der Waals surface area contributed by atoms with Gasteiger partial charge < -0.3 is 4.90 Å². The van der Waals surface area contributed by atoms with Crippen LogP contribution in [-0.4, -0.2) is 22.8 Å². The SMILES string of the molecule is CN(Cc1ccccc1Cl)C(=O)c1ccc(C(F)(F)F)nc1. The number of carbonyl (C=O) groups is 1. The van der Waals surface area contributed by atoms with Gasteiger partial charge in [0, 0.05) is 24.8 Å². The Morgan fingerprint density at radius 3 is 2.45 bits per heavy atom. The van der Waals surface area contributed by atoms with Crippen molar-refractivity contribution in [1.82, 2.24) is 9.88 Å². The number of pyridine rings is 1. The minimum absolute atomic E-state index is 0.0857. The zero-order chi connectivity index (χ0) is 16.3. The van der Waals surface area contributed by atoms with Crippen molar-refractivity contribution in [2.24, 2.45) is 0 Å². The van der Waals surface area contributed by atoms with E-state index < -0.39 is 17.8 Å². The Bertz CT molecular complexity index is 671. The highest BCUT2D eigenvalue weighted by molar-refractivity contribution is 6.31. The summed E-state index contributed by atoms with van der Waals surface area (Å²) in [7, 11) is 1.54. The summed E-state index contributed by atoms with van der Waals surface area (Å²) in [6.45, 7) is 0.250. The number of benzene rings is 1. The minimum Gasteiger partial charge on any atom is -0.337 e. The molecule has 1 heterocycles. The van der Waals surface area contributed by atoms with Crippen molar-refractivity contribution in [3.63, 3.8) is 0 Å². The van der Waals surface area contributed by atoms with Crippen LogP contribution in [0.2, 0.25) is 5.02 Å². The molecule has 0 spiro atoms. The van der Waals surface area contributed by atoms with Gasteiger partial charge in [-0.15, -0.1) is 0 Å². The summed E-state index contributed by atoms with van der Waals surface area (Å²) in [5.41, 5.74) is -0.194. The number of carbonyl (C=O) groups excluding carboxylic acids is 1. The first-order valence-electron chi connectivity index (χ1n) is 6.31. The van der Waals surface area contributed by atoms with E-state index >= 15 is 0 Å². The lowest BCUT2D eigenvalue weighted by molar-refractivity contribution is -0.141. The quantitative estimate of drug-likeness (QED) is 0.852. The maximum Gasteiger partial charge on any atom is 0.433 e. The molecule has 2 aromatic rings. The van der Waals surface area contributed by atoms with E-state index in [-0.39, 0.29) is 12.1 Å². The molecule has 0 unspecified atom stereocenters. The maximum atomic E-state index is 12.4. The second kappa shape index (κ2) is 6.36. The lowest BCUT2D eigenvalue weighted by Gasteiger charge is -2.18. The first-order valence-corrected chi connectivity index (χ1v) is 6.69. The molecule has 2 rings (SSSR count). The highest BCUT2D eigenvalue weighted by Gasteiger charge is 2.32. The van der Waals surface area contributed by atoms with Gasteiger partial charge in [0.2, 0.25) is 0 Å². The third kappa shape index (κ3) is 3.76. The van der Waals surface area contributed by atoms with E-state index in [1.807, 2.05) is 0 Å². The molecule has 1 amide bonds. The fourth-order valence-corrected chi connectivity index (χ4v) is 2.06. The topological polar surface area (TPSA) is 33.2 Å². The van der Waals surface area contributed by atoms with E-state index in [1.165, 1.54) is 4.90 Å². The minimum atomic E-state index is -4.52. The molecule has 0 atom stereocenters. The van der Waals surface area contributed by atoms with Crippen molar-refractivity contribution in [1.29, 1.82) is 0 Å². The zero-order valence-electron chi connectivity index (χ0n) is 11.6. The molecule has 0 fully saturated rings. The Labute approximate surface area is 130 Å². The summed E-state index contributed by atoms with van der Waals surface area (Å²) in [6.07, 6.45) is -3.60. The van der Waals surface area contributed by atoms with Gasteiger partial charge in [0.1, 0.15) is 5.69 Å². The largest absolute Gasteiger partial charge is 0.433 e. The number of amides is 1. The van der Waals surface area contributed by atoms with E-state index in [4.69, 9.17) is 11.6 Å². The van der Waals surface area contributed by atoms with Crippen molar-refractivity contribution in [2.45, 2.75) is 12.7 Å². The molecule has 0 aliphatic rings. The molecule has 7 heteroatoms. The summed E-state index contributed by atoms with van der Waals surface area (Å²) in [5, 5.41) is 0.521. The van der Waals surface area contributed by atoms with Crippen LogP contribution >= 0.6 is 11.6 Å². The van der Waals surface area contributed by atoms with E-state index in [9.17, 15) is 18.0 Å². The number of rotatable bonds is 3. The fourth-order valence-electron chi connectivity index (χ4n) is 1.86. The Morgan fingerprint density at radius 1 is 1.23 bits per heavy atom. The van der Waals surface area contributed by atoms with Gasteiger partial charge in [0.05, 0.1) is 5.56 Å². The average molecular weight is 329 g/mol. The molecule has 0 aliphatic heterocycles. The van der Waals surface area contributed by atoms with Crippen molar-refractivity contribution < 1.29 is 18.0 Å². The molecule has 0 saturated heterocycles. The van der Waals surface area contributed by atoms with Gasteiger partial charge in [-0.05, 0) is 23.8 Å². The van der Waals surface area contributed by atoms with Gasteiger partial charge in [-0.1, -0.05) is 29.8 Å². The Kier molecular flexibility index (Phi) is 4.71. The highest BCUT2D eigenvalue weighted by atomic mass is 35.5. The highest BCUT2D eigenvalue weighted by Crippen LogP contribution is 2.27. The molecule has 0 bridgehead atoms. The Hall–Kier alpha value is -2.08. The predicted molar refractivity (Wildman–Crippen MR) is 76.5 cm³/mol. The van der Waals surface area contributed by atoms with Crippen LogP contribution in [0.5, 0.6) is 0 Å². The summed E-state index contributed by atoms with van der Waals surface area (Å²) in [4.78, 5) is 16.8. The van der Waals surface area contributed by atoms with Crippen LogP contribution in [0.15, 0.2) is 42.6 Å². The molecule has 0 aliphatic carbocycles. The van der Waals surface area contributed by atoms with Crippen LogP contribution in [0.4, 0.5) is 13.2 Å².